The predicted molar refractivity (Wildman–Crippen MR) is 93.4 cm³/mol. The van der Waals surface area contributed by atoms with E-state index in [0.717, 1.165) is 11.2 Å². The summed E-state index contributed by atoms with van der Waals surface area (Å²) in [6, 6.07) is 15.4. The molecule has 4 aromatic rings. The first-order valence-electron chi connectivity index (χ1n) is 7.10. The Kier molecular flexibility index (Phi) is 3.24. The smallest absolute Gasteiger partial charge is 0.301 e. The SMILES string of the molecule is Cc1ccc(Nc2nc(=O)c3nc4ccccc4nc3s2)cc1. The molecule has 0 aliphatic heterocycles. The second-order valence-electron chi connectivity index (χ2n) is 5.18. The second-order valence-corrected chi connectivity index (χ2v) is 6.16. The molecule has 23 heavy (non-hydrogen) atoms. The van der Waals surface area contributed by atoms with Crippen LogP contribution in [0.5, 0.6) is 0 Å². The summed E-state index contributed by atoms with van der Waals surface area (Å²) in [5.74, 6) is 0. The van der Waals surface area contributed by atoms with Crippen LogP contribution in [0.3, 0.4) is 0 Å². The fraction of sp³-hybridized carbons (Fsp3) is 0.0588. The Labute approximate surface area is 135 Å². The van der Waals surface area contributed by atoms with Gasteiger partial charge in [-0.3, -0.25) is 4.79 Å². The van der Waals surface area contributed by atoms with E-state index in [-0.39, 0.29) is 5.56 Å². The number of nitrogens with zero attached hydrogens (tertiary/aromatic N) is 3. The topological polar surface area (TPSA) is 67.8 Å². The number of rotatable bonds is 2. The molecule has 2 aromatic carbocycles. The van der Waals surface area contributed by atoms with Crippen LogP contribution in [-0.4, -0.2) is 15.0 Å². The van der Waals surface area contributed by atoms with Crippen molar-refractivity contribution >= 4 is 43.5 Å². The lowest BCUT2D eigenvalue weighted by atomic mass is 10.2. The number of aromatic nitrogens is 3. The molecule has 5 nitrogen and oxygen atoms in total. The molecule has 0 atom stereocenters. The molecule has 4 rings (SSSR count). The van der Waals surface area contributed by atoms with Crippen molar-refractivity contribution in [2.45, 2.75) is 6.92 Å². The van der Waals surface area contributed by atoms with Crippen molar-refractivity contribution in [1.29, 1.82) is 0 Å². The molecule has 1 N–H and O–H groups in total. The van der Waals surface area contributed by atoms with Crippen LogP contribution in [0.25, 0.3) is 21.4 Å². The number of fused-ring (bicyclic) bond motifs is 2. The lowest BCUT2D eigenvalue weighted by Gasteiger charge is -2.05. The lowest BCUT2D eigenvalue weighted by Crippen LogP contribution is -2.10. The quantitative estimate of drug-likeness (QED) is 0.571. The normalized spacial score (nSPS) is 11.0. The van der Waals surface area contributed by atoms with E-state index >= 15 is 0 Å². The van der Waals surface area contributed by atoms with Crippen molar-refractivity contribution in [3.8, 4) is 0 Å². The molecule has 112 valence electrons. The van der Waals surface area contributed by atoms with Crippen LogP contribution in [0, 0.1) is 6.92 Å². The maximum Gasteiger partial charge on any atom is 0.301 e. The first-order chi connectivity index (χ1) is 11.2. The fourth-order valence-electron chi connectivity index (χ4n) is 2.27. The summed E-state index contributed by atoms with van der Waals surface area (Å²) in [5, 5.41) is 3.66. The van der Waals surface area contributed by atoms with Crippen molar-refractivity contribution in [3.05, 3.63) is 64.4 Å². The van der Waals surface area contributed by atoms with Gasteiger partial charge in [0.2, 0.25) is 0 Å². The summed E-state index contributed by atoms with van der Waals surface area (Å²) in [6.07, 6.45) is 0. The van der Waals surface area contributed by atoms with Crippen LogP contribution in [0.4, 0.5) is 10.8 Å². The van der Waals surface area contributed by atoms with Gasteiger partial charge in [0.15, 0.2) is 15.5 Å². The molecule has 0 radical (unpaired) electrons. The molecule has 0 spiro atoms. The minimum Gasteiger partial charge on any atom is -0.331 e. The molecule has 0 saturated carbocycles. The van der Waals surface area contributed by atoms with Gasteiger partial charge in [0, 0.05) is 5.69 Å². The van der Waals surface area contributed by atoms with Crippen LogP contribution in [0.1, 0.15) is 5.56 Å². The van der Waals surface area contributed by atoms with Gasteiger partial charge in [-0.25, -0.2) is 9.97 Å². The first-order valence-corrected chi connectivity index (χ1v) is 7.92. The van der Waals surface area contributed by atoms with E-state index in [9.17, 15) is 4.79 Å². The van der Waals surface area contributed by atoms with Gasteiger partial charge in [-0.05, 0) is 31.2 Å². The summed E-state index contributed by atoms with van der Waals surface area (Å²) in [5.41, 5.74) is 3.46. The Morgan fingerprint density at radius 1 is 0.913 bits per heavy atom. The Morgan fingerprint density at radius 3 is 2.35 bits per heavy atom. The van der Waals surface area contributed by atoms with Gasteiger partial charge in [-0.1, -0.05) is 41.2 Å². The molecule has 0 bridgehead atoms. The highest BCUT2D eigenvalue weighted by Gasteiger charge is 2.09. The Bertz CT molecular complexity index is 1070. The van der Waals surface area contributed by atoms with Gasteiger partial charge in [0.05, 0.1) is 11.0 Å². The lowest BCUT2D eigenvalue weighted by molar-refractivity contribution is 1.26. The number of nitrogens with one attached hydrogen (secondary N) is 1. The molecule has 2 aromatic heterocycles. The minimum absolute atomic E-state index is 0.308. The van der Waals surface area contributed by atoms with E-state index in [0.29, 0.717) is 21.0 Å². The van der Waals surface area contributed by atoms with E-state index in [1.807, 2.05) is 55.5 Å². The van der Waals surface area contributed by atoms with Crippen LogP contribution in [0.2, 0.25) is 0 Å². The number of anilines is 2. The number of aryl methyl sites for hydroxylation is 1. The maximum atomic E-state index is 12.2. The van der Waals surface area contributed by atoms with Crippen molar-refractivity contribution in [2.75, 3.05) is 5.32 Å². The Hall–Kier alpha value is -2.86. The summed E-state index contributed by atoms with van der Waals surface area (Å²) in [4.78, 5) is 25.8. The minimum atomic E-state index is -0.369. The monoisotopic (exact) mass is 320 g/mol. The highest BCUT2D eigenvalue weighted by Crippen LogP contribution is 2.23. The van der Waals surface area contributed by atoms with Crippen LogP contribution < -0.4 is 10.9 Å². The third-order valence-corrected chi connectivity index (χ3v) is 4.31. The fourth-order valence-corrected chi connectivity index (χ4v) is 3.12. The average molecular weight is 320 g/mol. The van der Waals surface area contributed by atoms with Gasteiger partial charge in [-0.15, -0.1) is 0 Å². The van der Waals surface area contributed by atoms with Gasteiger partial charge >= 0.3 is 5.56 Å². The molecule has 0 amide bonds. The maximum absolute atomic E-state index is 12.2. The number of para-hydroxylation sites is 2. The Balaban J connectivity index is 1.83. The third-order valence-electron chi connectivity index (χ3n) is 3.44. The van der Waals surface area contributed by atoms with E-state index in [1.165, 1.54) is 16.9 Å². The van der Waals surface area contributed by atoms with E-state index in [4.69, 9.17) is 0 Å². The van der Waals surface area contributed by atoms with Crippen molar-refractivity contribution in [3.63, 3.8) is 0 Å². The summed E-state index contributed by atoms with van der Waals surface area (Å²) >= 11 is 1.32. The average Bonchev–Trinajstić information content (AvgIpc) is 2.56. The number of hydrogen-bond acceptors (Lipinski definition) is 6. The molecule has 0 aliphatic carbocycles. The number of hydrogen-bond donors (Lipinski definition) is 1. The van der Waals surface area contributed by atoms with E-state index in [1.54, 1.807) is 0 Å². The van der Waals surface area contributed by atoms with Crippen molar-refractivity contribution < 1.29 is 0 Å². The van der Waals surface area contributed by atoms with Crippen LogP contribution in [-0.2, 0) is 0 Å². The summed E-state index contributed by atoms with van der Waals surface area (Å²) in [6.45, 7) is 2.02. The number of benzene rings is 2. The predicted octanol–water partition coefficient (Wildman–Crippen LogP) is 3.65. The summed E-state index contributed by atoms with van der Waals surface area (Å²) in [7, 11) is 0. The van der Waals surface area contributed by atoms with Gasteiger partial charge < -0.3 is 5.32 Å². The molecule has 0 unspecified atom stereocenters. The Morgan fingerprint density at radius 2 is 1.61 bits per heavy atom. The van der Waals surface area contributed by atoms with Crippen molar-refractivity contribution in [2.24, 2.45) is 0 Å². The molecular formula is C17H12N4OS. The molecule has 2 heterocycles. The van der Waals surface area contributed by atoms with Crippen LogP contribution in [0.15, 0.2) is 53.3 Å². The largest absolute Gasteiger partial charge is 0.331 e. The molecule has 0 fully saturated rings. The van der Waals surface area contributed by atoms with Crippen LogP contribution >= 0.6 is 11.3 Å². The third kappa shape index (κ3) is 2.64. The highest BCUT2D eigenvalue weighted by atomic mass is 32.1. The van der Waals surface area contributed by atoms with Gasteiger partial charge in [0.1, 0.15) is 0 Å². The second kappa shape index (κ2) is 5.40. The molecule has 0 saturated heterocycles. The standard InChI is InChI=1S/C17H12N4OS/c1-10-6-8-11(9-7-10)18-17-21-15(22)14-16(23-17)20-13-5-3-2-4-12(13)19-14/h2-9H,1H3,(H,18,21,22). The highest BCUT2D eigenvalue weighted by molar-refractivity contribution is 7.21. The van der Waals surface area contributed by atoms with E-state index in [2.05, 4.69) is 20.3 Å². The van der Waals surface area contributed by atoms with Gasteiger partial charge in [0.25, 0.3) is 0 Å². The molecular weight excluding hydrogens is 308 g/mol. The van der Waals surface area contributed by atoms with Gasteiger partial charge in [-0.2, -0.15) is 4.98 Å². The van der Waals surface area contributed by atoms with Crippen molar-refractivity contribution in [1.82, 2.24) is 15.0 Å². The first kappa shape index (κ1) is 13.8. The molecule has 0 aliphatic rings. The zero-order valence-electron chi connectivity index (χ0n) is 12.3. The zero-order chi connectivity index (χ0) is 15.8. The summed E-state index contributed by atoms with van der Waals surface area (Å²) < 4.78 is 0. The van der Waals surface area contributed by atoms with E-state index < -0.39 is 0 Å². The molecule has 6 heteroatoms. The zero-order valence-corrected chi connectivity index (χ0v) is 13.1.